The Morgan fingerprint density at radius 3 is 2.60 bits per heavy atom. The van der Waals surface area contributed by atoms with Crippen LogP contribution in [0.15, 0.2) is 10.4 Å². The van der Waals surface area contributed by atoms with Crippen LogP contribution in [-0.2, 0) is 10.0 Å². The molecule has 1 aromatic heterocycles. The summed E-state index contributed by atoms with van der Waals surface area (Å²) in [4.78, 5) is 6.30. The lowest BCUT2D eigenvalue weighted by Gasteiger charge is -2.32. The zero-order valence-electron chi connectivity index (χ0n) is 11.9. The van der Waals surface area contributed by atoms with Gasteiger partial charge in [0, 0.05) is 18.5 Å². The third-order valence-corrected chi connectivity index (χ3v) is 6.06. The van der Waals surface area contributed by atoms with Gasteiger partial charge in [-0.1, -0.05) is 24.2 Å². The Morgan fingerprint density at radius 2 is 2.10 bits per heavy atom. The van der Waals surface area contributed by atoms with Gasteiger partial charge in [0.05, 0.1) is 6.20 Å². The Kier molecular flexibility index (Phi) is 4.68. The second-order valence-electron chi connectivity index (χ2n) is 5.83. The van der Waals surface area contributed by atoms with Crippen LogP contribution >= 0.6 is 11.3 Å². The second-order valence-corrected chi connectivity index (χ2v) is 8.65. The molecule has 0 aromatic carbocycles. The lowest BCUT2D eigenvalue weighted by Crippen LogP contribution is -2.37. The van der Waals surface area contributed by atoms with Gasteiger partial charge >= 0.3 is 0 Å². The fourth-order valence-electron chi connectivity index (χ4n) is 2.92. The summed E-state index contributed by atoms with van der Waals surface area (Å²) in [5.41, 5.74) is 0.261. The minimum atomic E-state index is -3.65. The van der Waals surface area contributed by atoms with Crippen LogP contribution in [0.1, 0.15) is 25.7 Å². The predicted octanol–water partition coefficient (Wildman–Crippen LogP) is 1.32. The molecule has 2 rings (SSSR count). The molecule has 1 fully saturated rings. The molecule has 1 aliphatic carbocycles. The van der Waals surface area contributed by atoms with Gasteiger partial charge in [-0.25, -0.2) is 18.5 Å². The highest BCUT2D eigenvalue weighted by Gasteiger charge is 2.34. The van der Waals surface area contributed by atoms with Crippen LogP contribution in [-0.4, -0.2) is 45.5 Å². The molecule has 0 radical (unpaired) electrons. The molecule has 0 unspecified atom stereocenters. The molecule has 20 heavy (non-hydrogen) atoms. The van der Waals surface area contributed by atoms with E-state index in [9.17, 15) is 8.42 Å². The largest absolute Gasteiger partial charge is 0.361 e. The van der Waals surface area contributed by atoms with E-state index >= 15 is 0 Å². The normalized spacial score (nSPS) is 18.6. The van der Waals surface area contributed by atoms with Gasteiger partial charge in [-0.3, -0.25) is 0 Å². The van der Waals surface area contributed by atoms with Crippen LogP contribution < -0.4 is 10.5 Å². The number of nitrogens with one attached hydrogen (secondary N) is 1. The summed E-state index contributed by atoms with van der Waals surface area (Å²) in [6.07, 6.45) is 6.23. The smallest absolute Gasteiger partial charge is 0.249 e. The fraction of sp³-hybridized carbons (Fsp3) is 0.750. The van der Waals surface area contributed by atoms with E-state index in [4.69, 9.17) is 5.14 Å². The average Bonchev–Trinajstić information content (AvgIpc) is 2.93. The van der Waals surface area contributed by atoms with Gasteiger partial charge < -0.3 is 10.2 Å². The molecule has 3 N–H and O–H groups in total. The van der Waals surface area contributed by atoms with Crippen LogP contribution in [0.25, 0.3) is 0 Å². The van der Waals surface area contributed by atoms with Crippen molar-refractivity contribution >= 4 is 26.5 Å². The number of thiazole rings is 1. The van der Waals surface area contributed by atoms with Crippen molar-refractivity contribution in [3.05, 3.63) is 6.20 Å². The topological polar surface area (TPSA) is 88.3 Å². The number of hydrogen-bond acceptors (Lipinski definition) is 6. The summed E-state index contributed by atoms with van der Waals surface area (Å²) >= 11 is 1.09. The van der Waals surface area contributed by atoms with E-state index in [0.717, 1.165) is 24.4 Å². The first-order valence-corrected chi connectivity index (χ1v) is 9.04. The molecule has 6 nitrogen and oxygen atoms in total. The van der Waals surface area contributed by atoms with Crippen molar-refractivity contribution in [2.45, 2.75) is 29.9 Å². The lowest BCUT2D eigenvalue weighted by atomic mass is 9.85. The first-order valence-electron chi connectivity index (χ1n) is 6.68. The lowest BCUT2D eigenvalue weighted by molar-refractivity contribution is 0.215. The summed E-state index contributed by atoms with van der Waals surface area (Å²) in [6, 6.07) is 0. The van der Waals surface area contributed by atoms with Crippen LogP contribution in [0, 0.1) is 5.41 Å². The molecule has 0 atom stereocenters. The number of anilines is 1. The maximum absolute atomic E-state index is 11.2. The van der Waals surface area contributed by atoms with Crippen molar-refractivity contribution in [1.29, 1.82) is 0 Å². The van der Waals surface area contributed by atoms with E-state index in [1.807, 2.05) is 0 Å². The van der Waals surface area contributed by atoms with E-state index < -0.39 is 10.0 Å². The van der Waals surface area contributed by atoms with Crippen molar-refractivity contribution in [3.63, 3.8) is 0 Å². The molecule has 0 bridgehead atoms. The maximum atomic E-state index is 11.2. The predicted molar refractivity (Wildman–Crippen MR) is 81.4 cm³/mol. The third-order valence-electron chi connectivity index (χ3n) is 3.70. The van der Waals surface area contributed by atoms with Crippen LogP contribution in [0.3, 0.4) is 0 Å². The van der Waals surface area contributed by atoms with E-state index in [-0.39, 0.29) is 9.62 Å². The van der Waals surface area contributed by atoms with E-state index in [1.165, 1.54) is 31.9 Å². The Bertz CT molecular complexity index is 548. The molecule has 114 valence electrons. The third kappa shape index (κ3) is 3.91. The van der Waals surface area contributed by atoms with E-state index in [0.29, 0.717) is 5.13 Å². The van der Waals surface area contributed by atoms with Gasteiger partial charge in [0.2, 0.25) is 10.0 Å². The van der Waals surface area contributed by atoms with Gasteiger partial charge in [-0.2, -0.15) is 0 Å². The molecule has 8 heteroatoms. The second kappa shape index (κ2) is 5.97. The molecule has 1 aliphatic rings. The Balaban J connectivity index is 2.01. The van der Waals surface area contributed by atoms with Gasteiger partial charge in [0.15, 0.2) is 9.34 Å². The minimum Gasteiger partial charge on any atom is -0.361 e. The molecule has 1 heterocycles. The number of primary sulfonamides is 1. The molecule has 0 amide bonds. The van der Waals surface area contributed by atoms with Crippen molar-refractivity contribution < 1.29 is 8.42 Å². The van der Waals surface area contributed by atoms with Gasteiger partial charge in [-0.15, -0.1) is 0 Å². The molecular formula is C12H22N4O2S2. The number of rotatable bonds is 6. The molecule has 0 aliphatic heterocycles. The number of aromatic nitrogens is 1. The molecule has 0 spiro atoms. The summed E-state index contributed by atoms with van der Waals surface area (Å²) in [5.74, 6) is 0. The summed E-state index contributed by atoms with van der Waals surface area (Å²) in [5, 5.41) is 9.00. The highest BCUT2D eigenvalue weighted by atomic mass is 32.2. The number of sulfonamides is 1. The highest BCUT2D eigenvalue weighted by Crippen LogP contribution is 2.39. The van der Waals surface area contributed by atoms with Crippen LogP contribution in [0.5, 0.6) is 0 Å². The van der Waals surface area contributed by atoms with Crippen molar-refractivity contribution in [3.8, 4) is 0 Å². The Hall–Kier alpha value is -0.700. The quantitative estimate of drug-likeness (QED) is 0.826. The van der Waals surface area contributed by atoms with E-state index in [2.05, 4.69) is 29.3 Å². The maximum Gasteiger partial charge on any atom is 0.249 e. The monoisotopic (exact) mass is 318 g/mol. The van der Waals surface area contributed by atoms with Gasteiger partial charge in [0.1, 0.15) is 0 Å². The van der Waals surface area contributed by atoms with Crippen LogP contribution in [0.2, 0.25) is 0 Å². The Morgan fingerprint density at radius 1 is 1.45 bits per heavy atom. The molecule has 1 saturated carbocycles. The highest BCUT2D eigenvalue weighted by molar-refractivity contribution is 7.91. The van der Waals surface area contributed by atoms with Crippen molar-refractivity contribution in [1.82, 2.24) is 9.88 Å². The first-order chi connectivity index (χ1) is 9.31. The molecule has 0 saturated heterocycles. The zero-order valence-corrected chi connectivity index (χ0v) is 13.6. The summed E-state index contributed by atoms with van der Waals surface area (Å²) in [7, 11) is 0.526. The zero-order chi connectivity index (χ0) is 14.8. The Labute approximate surface area is 124 Å². The van der Waals surface area contributed by atoms with Crippen molar-refractivity contribution in [2.75, 3.05) is 32.5 Å². The number of nitrogens with two attached hydrogens (primary N) is 1. The summed E-state index contributed by atoms with van der Waals surface area (Å²) in [6.45, 7) is 1.86. The minimum absolute atomic E-state index is 0.105. The van der Waals surface area contributed by atoms with Gasteiger partial charge in [0.25, 0.3) is 0 Å². The first kappa shape index (κ1) is 15.7. The molecular weight excluding hydrogens is 296 g/mol. The summed E-state index contributed by atoms with van der Waals surface area (Å²) < 4.78 is 22.6. The van der Waals surface area contributed by atoms with Crippen LogP contribution in [0.4, 0.5) is 5.13 Å². The number of hydrogen-bond donors (Lipinski definition) is 2. The average molecular weight is 318 g/mol. The molecule has 1 aromatic rings. The van der Waals surface area contributed by atoms with Crippen molar-refractivity contribution in [2.24, 2.45) is 10.6 Å². The standard InChI is InChI=1S/C12H22N4O2S2/c1-16(2)9-12(5-3-4-6-12)8-15-11-14-7-10(19-11)20(13,17)18/h7H,3-6,8-9H2,1-2H3,(H,14,15)(H2,13,17,18). The van der Waals surface area contributed by atoms with Gasteiger partial charge in [-0.05, 0) is 26.9 Å². The van der Waals surface area contributed by atoms with E-state index in [1.54, 1.807) is 0 Å². The SMILES string of the molecule is CN(C)CC1(CNc2ncc(S(N)(=O)=O)s2)CCCC1. The number of nitrogens with zero attached hydrogens (tertiary/aromatic N) is 2. The fourth-order valence-corrected chi connectivity index (χ4v) is 4.37.